The first kappa shape index (κ1) is 13.4. The minimum Gasteiger partial charge on any atom is -0.495 e. The number of ether oxygens (including phenoxy) is 2. The molecule has 0 aliphatic carbocycles. The van der Waals surface area contributed by atoms with Crippen LogP contribution in [0.3, 0.4) is 0 Å². The van der Waals surface area contributed by atoms with Gasteiger partial charge < -0.3 is 15.2 Å². The van der Waals surface area contributed by atoms with Crippen molar-refractivity contribution in [1.29, 1.82) is 0 Å². The molecule has 4 nitrogen and oxygen atoms in total. The van der Waals surface area contributed by atoms with Gasteiger partial charge in [-0.15, -0.1) is 0 Å². The molecule has 19 heavy (non-hydrogen) atoms. The van der Waals surface area contributed by atoms with Crippen molar-refractivity contribution in [3.05, 3.63) is 53.3 Å². The van der Waals surface area contributed by atoms with Crippen LogP contribution in [0.25, 0.3) is 0 Å². The number of nitrogens with zero attached hydrogens (tertiary/aromatic N) is 1. The van der Waals surface area contributed by atoms with Gasteiger partial charge in [0.1, 0.15) is 18.1 Å². The highest BCUT2D eigenvalue weighted by Crippen LogP contribution is 2.19. The second kappa shape index (κ2) is 6.20. The van der Waals surface area contributed by atoms with Gasteiger partial charge in [-0.1, -0.05) is 12.1 Å². The van der Waals surface area contributed by atoms with Crippen LogP contribution in [0.2, 0.25) is 0 Å². The van der Waals surface area contributed by atoms with Crippen molar-refractivity contribution >= 4 is 0 Å². The largest absolute Gasteiger partial charge is 0.495 e. The zero-order chi connectivity index (χ0) is 13.7. The summed E-state index contributed by atoms with van der Waals surface area (Å²) in [6, 6.07) is 9.84. The van der Waals surface area contributed by atoms with E-state index in [9.17, 15) is 0 Å². The van der Waals surface area contributed by atoms with E-state index in [1.165, 1.54) is 5.56 Å². The van der Waals surface area contributed by atoms with Crippen LogP contribution in [0.1, 0.15) is 16.8 Å². The third kappa shape index (κ3) is 3.45. The molecule has 0 amide bonds. The number of nitrogens with two attached hydrogens (primary N) is 1. The maximum Gasteiger partial charge on any atom is 0.141 e. The van der Waals surface area contributed by atoms with E-state index in [2.05, 4.69) is 4.98 Å². The summed E-state index contributed by atoms with van der Waals surface area (Å²) in [5, 5.41) is 0. The standard InChI is InChI=1S/C15H18N2O2/c1-11-4-3-5-14(6-11)19-10-13-7-12(8-16)15(18-2)9-17-13/h3-7,9H,8,10,16H2,1-2H3. The Kier molecular flexibility index (Phi) is 4.36. The van der Waals surface area contributed by atoms with E-state index in [1.807, 2.05) is 37.3 Å². The summed E-state index contributed by atoms with van der Waals surface area (Å²) in [5.74, 6) is 1.55. The van der Waals surface area contributed by atoms with Crippen LogP contribution in [-0.2, 0) is 13.2 Å². The molecule has 1 heterocycles. The molecule has 0 saturated heterocycles. The minimum atomic E-state index is 0.417. The maximum absolute atomic E-state index is 5.70. The number of hydrogen-bond acceptors (Lipinski definition) is 4. The van der Waals surface area contributed by atoms with Crippen LogP contribution in [0.5, 0.6) is 11.5 Å². The molecule has 2 aromatic rings. The van der Waals surface area contributed by atoms with Crippen LogP contribution in [0.15, 0.2) is 36.5 Å². The van der Waals surface area contributed by atoms with Crippen molar-refractivity contribution < 1.29 is 9.47 Å². The van der Waals surface area contributed by atoms with E-state index in [1.54, 1.807) is 13.3 Å². The Hall–Kier alpha value is -2.07. The van der Waals surface area contributed by atoms with Gasteiger partial charge in [-0.3, -0.25) is 4.98 Å². The highest BCUT2D eigenvalue weighted by atomic mass is 16.5. The molecule has 0 atom stereocenters. The average Bonchev–Trinajstić information content (AvgIpc) is 2.45. The fourth-order valence-electron chi connectivity index (χ4n) is 1.82. The van der Waals surface area contributed by atoms with Crippen molar-refractivity contribution in [2.75, 3.05) is 7.11 Å². The molecule has 0 unspecified atom stereocenters. The van der Waals surface area contributed by atoms with E-state index in [-0.39, 0.29) is 0 Å². The highest BCUT2D eigenvalue weighted by molar-refractivity contribution is 5.32. The molecule has 1 aromatic heterocycles. The van der Waals surface area contributed by atoms with Gasteiger partial charge in [-0.2, -0.15) is 0 Å². The van der Waals surface area contributed by atoms with Crippen LogP contribution >= 0.6 is 0 Å². The lowest BCUT2D eigenvalue weighted by Crippen LogP contribution is -2.04. The van der Waals surface area contributed by atoms with Gasteiger partial charge in [0.15, 0.2) is 0 Å². The molecule has 1 aromatic carbocycles. The SMILES string of the molecule is COc1cnc(COc2cccc(C)c2)cc1CN. The number of hydrogen-bond donors (Lipinski definition) is 1. The van der Waals surface area contributed by atoms with Gasteiger partial charge in [-0.05, 0) is 30.7 Å². The van der Waals surface area contributed by atoms with Crippen LogP contribution in [0, 0.1) is 6.92 Å². The Morgan fingerprint density at radius 1 is 1.26 bits per heavy atom. The fourth-order valence-corrected chi connectivity index (χ4v) is 1.82. The molecule has 0 aliphatic heterocycles. The zero-order valence-electron chi connectivity index (χ0n) is 11.2. The molecule has 0 fully saturated rings. The van der Waals surface area contributed by atoms with Crippen molar-refractivity contribution in [2.45, 2.75) is 20.1 Å². The van der Waals surface area contributed by atoms with E-state index >= 15 is 0 Å². The number of aryl methyl sites for hydroxylation is 1. The molecule has 0 saturated carbocycles. The molecule has 0 spiro atoms. The highest BCUT2D eigenvalue weighted by Gasteiger charge is 2.05. The Balaban J connectivity index is 2.07. The summed E-state index contributed by atoms with van der Waals surface area (Å²) in [6.45, 7) is 2.87. The summed E-state index contributed by atoms with van der Waals surface area (Å²) >= 11 is 0. The second-order valence-corrected chi connectivity index (χ2v) is 4.30. The first-order valence-corrected chi connectivity index (χ1v) is 6.14. The van der Waals surface area contributed by atoms with E-state index in [4.69, 9.17) is 15.2 Å². The average molecular weight is 258 g/mol. The number of methoxy groups -OCH3 is 1. The maximum atomic E-state index is 5.70. The first-order chi connectivity index (χ1) is 9.22. The van der Waals surface area contributed by atoms with Gasteiger partial charge >= 0.3 is 0 Å². The Bertz CT molecular complexity index is 556. The Morgan fingerprint density at radius 3 is 2.79 bits per heavy atom. The van der Waals surface area contributed by atoms with Gasteiger partial charge in [-0.25, -0.2) is 0 Å². The second-order valence-electron chi connectivity index (χ2n) is 4.30. The van der Waals surface area contributed by atoms with Gasteiger partial charge in [0.25, 0.3) is 0 Å². The van der Waals surface area contributed by atoms with E-state index in [0.29, 0.717) is 18.9 Å². The van der Waals surface area contributed by atoms with Crippen LogP contribution < -0.4 is 15.2 Å². The molecule has 2 N–H and O–H groups in total. The van der Waals surface area contributed by atoms with E-state index < -0.39 is 0 Å². The summed E-state index contributed by atoms with van der Waals surface area (Å²) < 4.78 is 10.9. The minimum absolute atomic E-state index is 0.417. The van der Waals surface area contributed by atoms with Crippen molar-refractivity contribution in [3.63, 3.8) is 0 Å². The monoisotopic (exact) mass is 258 g/mol. The van der Waals surface area contributed by atoms with Crippen molar-refractivity contribution in [3.8, 4) is 11.5 Å². The van der Waals surface area contributed by atoms with Crippen molar-refractivity contribution in [2.24, 2.45) is 5.73 Å². The van der Waals surface area contributed by atoms with Gasteiger partial charge in [0, 0.05) is 12.1 Å². The van der Waals surface area contributed by atoms with Crippen LogP contribution in [0.4, 0.5) is 0 Å². The number of benzene rings is 1. The lowest BCUT2D eigenvalue weighted by Gasteiger charge is -2.10. The predicted molar refractivity (Wildman–Crippen MR) is 74.2 cm³/mol. The molecule has 0 aliphatic rings. The Labute approximate surface area is 113 Å². The third-order valence-electron chi connectivity index (χ3n) is 2.82. The molecular weight excluding hydrogens is 240 g/mol. The predicted octanol–water partition coefficient (Wildman–Crippen LogP) is 2.44. The lowest BCUT2D eigenvalue weighted by molar-refractivity contribution is 0.300. The fraction of sp³-hybridized carbons (Fsp3) is 0.267. The molecular formula is C15H18N2O2. The normalized spacial score (nSPS) is 10.3. The molecule has 100 valence electrons. The topological polar surface area (TPSA) is 57.4 Å². The summed E-state index contributed by atoms with van der Waals surface area (Å²) in [6.07, 6.45) is 1.68. The van der Waals surface area contributed by atoms with Crippen LogP contribution in [-0.4, -0.2) is 12.1 Å². The smallest absolute Gasteiger partial charge is 0.141 e. The van der Waals surface area contributed by atoms with Crippen molar-refractivity contribution in [1.82, 2.24) is 4.98 Å². The molecule has 2 rings (SSSR count). The first-order valence-electron chi connectivity index (χ1n) is 6.14. The van der Waals surface area contributed by atoms with E-state index in [0.717, 1.165) is 17.0 Å². The molecule has 0 bridgehead atoms. The van der Waals surface area contributed by atoms with Gasteiger partial charge in [0.2, 0.25) is 0 Å². The summed E-state index contributed by atoms with van der Waals surface area (Å²) in [5.41, 5.74) is 8.61. The lowest BCUT2D eigenvalue weighted by atomic mass is 10.2. The summed E-state index contributed by atoms with van der Waals surface area (Å²) in [4.78, 5) is 4.29. The number of aromatic nitrogens is 1. The number of pyridine rings is 1. The zero-order valence-corrected chi connectivity index (χ0v) is 11.2. The molecule has 4 heteroatoms. The van der Waals surface area contributed by atoms with Gasteiger partial charge in [0.05, 0.1) is 19.0 Å². The number of rotatable bonds is 5. The Morgan fingerprint density at radius 2 is 2.11 bits per heavy atom. The molecule has 0 radical (unpaired) electrons. The third-order valence-corrected chi connectivity index (χ3v) is 2.82. The summed E-state index contributed by atoms with van der Waals surface area (Å²) in [7, 11) is 1.61. The quantitative estimate of drug-likeness (QED) is 0.895.